The molecule has 3 rings (SSSR count). The Hall–Kier alpha value is -2.42. The molecule has 0 radical (unpaired) electrons. The molecule has 1 fully saturated rings. The Bertz CT molecular complexity index is 1080. The Morgan fingerprint density at radius 3 is 2.27 bits per heavy atom. The van der Waals surface area contributed by atoms with Crippen molar-refractivity contribution < 1.29 is 18.0 Å². The van der Waals surface area contributed by atoms with E-state index in [4.69, 9.17) is 11.6 Å². The van der Waals surface area contributed by atoms with Crippen molar-refractivity contribution in [2.75, 3.05) is 31.5 Å². The molecule has 1 aliphatic heterocycles. The van der Waals surface area contributed by atoms with Crippen molar-refractivity contribution >= 4 is 39.1 Å². The van der Waals surface area contributed by atoms with Gasteiger partial charge in [0.2, 0.25) is 15.9 Å². The van der Waals surface area contributed by atoms with Gasteiger partial charge in [0.1, 0.15) is 0 Å². The van der Waals surface area contributed by atoms with E-state index in [9.17, 15) is 18.0 Å². The van der Waals surface area contributed by atoms with E-state index in [1.807, 2.05) is 32.0 Å². The van der Waals surface area contributed by atoms with Crippen LogP contribution in [0.4, 0.5) is 5.69 Å². The fourth-order valence-corrected chi connectivity index (χ4v) is 5.79. The van der Waals surface area contributed by atoms with Crippen LogP contribution < -0.4 is 5.32 Å². The number of sulfonamides is 1. The molecule has 1 heterocycles. The van der Waals surface area contributed by atoms with Gasteiger partial charge in [-0.25, -0.2) is 12.7 Å². The van der Waals surface area contributed by atoms with Crippen LogP contribution in [0.3, 0.4) is 0 Å². The number of hydrogen-bond donors (Lipinski definition) is 1. The van der Waals surface area contributed by atoms with Crippen molar-refractivity contribution in [3.63, 3.8) is 0 Å². The smallest absolute Gasteiger partial charge is 0.255 e. The average Bonchev–Trinajstić information content (AvgIpc) is 2.80. The number of nitrogens with one attached hydrogen (secondary N) is 1. The third-order valence-corrected chi connectivity index (χ3v) is 8.09. The van der Waals surface area contributed by atoms with Crippen LogP contribution in [-0.4, -0.2) is 55.6 Å². The fraction of sp³-hybridized carbons (Fsp3) is 0.417. The number of benzene rings is 2. The maximum atomic E-state index is 12.7. The van der Waals surface area contributed by atoms with Gasteiger partial charge in [0.05, 0.1) is 16.3 Å². The van der Waals surface area contributed by atoms with Gasteiger partial charge in [0.25, 0.3) is 5.91 Å². The maximum absolute atomic E-state index is 12.7. The number of rotatable bonds is 8. The molecule has 33 heavy (non-hydrogen) atoms. The molecule has 1 N–H and O–H groups in total. The number of anilines is 1. The molecule has 7 nitrogen and oxygen atoms in total. The summed E-state index contributed by atoms with van der Waals surface area (Å²) in [4.78, 5) is 27.0. The Kier molecular flexibility index (Phi) is 8.51. The van der Waals surface area contributed by atoms with Crippen molar-refractivity contribution in [2.45, 2.75) is 32.4 Å². The molecule has 0 aliphatic carbocycles. The second-order valence-electron chi connectivity index (χ2n) is 8.08. The largest absolute Gasteiger partial charge is 0.339 e. The van der Waals surface area contributed by atoms with Gasteiger partial charge < -0.3 is 10.2 Å². The lowest BCUT2D eigenvalue weighted by Crippen LogP contribution is -2.41. The lowest BCUT2D eigenvalue weighted by molar-refractivity contribution is -0.120. The molecule has 0 bridgehead atoms. The Morgan fingerprint density at radius 1 is 1.06 bits per heavy atom. The molecule has 0 spiro atoms. The van der Waals surface area contributed by atoms with Crippen molar-refractivity contribution in [3.8, 4) is 0 Å². The van der Waals surface area contributed by atoms with E-state index in [1.54, 1.807) is 35.2 Å². The van der Waals surface area contributed by atoms with Crippen LogP contribution >= 0.6 is 11.6 Å². The lowest BCUT2D eigenvalue weighted by atomic mass is 9.97. The van der Waals surface area contributed by atoms with Crippen LogP contribution in [0.15, 0.2) is 48.5 Å². The zero-order valence-corrected chi connectivity index (χ0v) is 20.5. The summed E-state index contributed by atoms with van der Waals surface area (Å²) in [6.07, 6.45) is 0.901. The second kappa shape index (κ2) is 11.1. The number of amides is 2. The summed E-state index contributed by atoms with van der Waals surface area (Å²) < 4.78 is 26.9. The number of carbonyl (C=O) groups is 2. The second-order valence-corrected chi connectivity index (χ2v) is 10.5. The highest BCUT2D eigenvalue weighted by molar-refractivity contribution is 7.88. The van der Waals surface area contributed by atoms with Gasteiger partial charge in [-0.05, 0) is 50.5 Å². The first kappa shape index (κ1) is 25.2. The predicted octanol–water partition coefficient (Wildman–Crippen LogP) is 4.00. The summed E-state index contributed by atoms with van der Waals surface area (Å²) in [6, 6.07) is 13.9. The SMILES string of the molecule is CCN(CC)C(=O)c1ccc(NC(=O)C2CCN(S(=O)(=O)Cc3ccccc3)CC2)cc1Cl. The molecule has 2 aromatic carbocycles. The Balaban J connectivity index is 1.57. The average molecular weight is 492 g/mol. The minimum Gasteiger partial charge on any atom is -0.339 e. The quantitative estimate of drug-likeness (QED) is 0.604. The van der Waals surface area contributed by atoms with Crippen LogP contribution in [0.5, 0.6) is 0 Å². The van der Waals surface area contributed by atoms with Gasteiger partial charge in [0, 0.05) is 37.8 Å². The molecule has 178 valence electrons. The molecule has 0 saturated carbocycles. The van der Waals surface area contributed by atoms with Crippen LogP contribution in [0.25, 0.3) is 0 Å². The van der Waals surface area contributed by atoms with Gasteiger partial charge in [-0.3, -0.25) is 9.59 Å². The highest BCUT2D eigenvalue weighted by Gasteiger charge is 2.31. The zero-order chi connectivity index (χ0) is 24.0. The van der Waals surface area contributed by atoms with E-state index >= 15 is 0 Å². The number of nitrogens with zero attached hydrogens (tertiary/aromatic N) is 2. The van der Waals surface area contributed by atoms with Crippen LogP contribution in [-0.2, 0) is 20.6 Å². The molecule has 0 atom stereocenters. The Labute approximate surface area is 200 Å². The lowest BCUT2D eigenvalue weighted by Gasteiger charge is -2.30. The molecular weight excluding hydrogens is 462 g/mol. The summed E-state index contributed by atoms with van der Waals surface area (Å²) in [7, 11) is -3.43. The van der Waals surface area contributed by atoms with Crippen molar-refractivity contribution in [1.29, 1.82) is 0 Å². The van der Waals surface area contributed by atoms with Gasteiger partial charge >= 0.3 is 0 Å². The topological polar surface area (TPSA) is 86.8 Å². The third kappa shape index (κ3) is 6.34. The predicted molar refractivity (Wildman–Crippen MR) is 131 cm³/mol. The monoisotopic (exact) mass is 491 g/mol. The van der Waals surface area contributed by atoms with Crippen molar-refractivity contribution in [2.24, 2.45) is 5.92 Å². The first-order valence-electron chi connectivity index (χ1n) is 11.2. The summed E-state index contributed by atoms with van der Waals surface area (Å²) in [6.45, 7) is 5.61. The van der Waals surface area contributed by atoms with Crippen molar-refractivity contribution in [3.05, 3.63) is 64.7 Å². The summed E-state index contributed by atoms with van der Waals surface area (Å²) in [5.41, 5.74) is 1.66. The molecular formula is C24H30ClN3O4S. The highest BCUT2D eigenvalue weighted by atomic mass is 35.5. The van der Waals surface area contributed by atoms with Gasteiger partial charge in [-0.2, -0.15) is 0 Å². The zero-order valence-electron chi connectivity index (χ0n) is 19.0. The van der Waals surface area contributed by atoms with Crippen LogP contribution in [0, 0.1) is 5.92 Å². The van der Waals surface area contributed by atoms with Crippen molar-refractivity contribution in [1.82, 2.24) is 9.21 Å². The van der Waals surface area contributed by atoms with E-state index in [0.717, 1.165) is 5.56 Å². The van der Waals surface area contributed by atoms with E-state index in [2.05, 4.69) is 5.32 Å². The molecule has 9 heteroatoms. The fourth-order valence-electron chi connectivity index (χ4n) is 3.96. The van der Waals surface area contributed by atoms with Crippen LogP contribution in [0.2, 0.25) is 5.02 Å². The number of piperidine rings is 1. The molecule has 0 aromatic heterocycles. The van der Waals surface area contributed by atoms with Gasteiger partial charge in [0.15, 0.2) is 0 Å². The number of halogens is 1. The first-order valence-corrected chi connectivity index (χ1v) is 13.1. The van der Waals surface area contributed by atoms with E-state index in [-0.39, 0.29) is 28.5 Å². The maximum Gasteiger partial charge on any atom is 0.255 e. The minimum atomic E-state index is -3.43. The highest BCUT2D eigenvalue weighted by Crippen LogP contribution is 2.26. The number of carbonyl (C=O) groups excluding carboxylic acids is 2. The van der Waals surface area contributed by atoms with E-state index in [1.165, 1.54) is 4.31 Å². The molecule has 0 unspecified atom stereocenters. The molecule has 2 aromatic rings. The van der Waals surface area contributed by atoms with Gasteiger partial charge in [-0.1, -0.05) is 41.9 Å². The summed E-state index contributed by atoms with van der Waals surface area (Å²) in [5, 5.41) is 3.14. The minimum absolute atomic E-state index is 0.0399. The Morgan fingerprint density at radius 2 is 1.70 bits per heavy atom. The van der Waals surface area contributed by atoms with Crippen LogP contribution in [0.1, 0.15) is 42.6 Å². The molecule has 1 aliphatic rings. The normalized spacial score (nSPS) is 15.2. The standard InChI is InChI=1S/C24H30ClN3O4S/c1-3-27(4-2)24(30)21-11-10-20(16-22(21)25)26-23(29)19-12-14-28(15-13-19)33(31,32)17-18-8-6-5-7-9-18/h5-11,16,19H,3-4,12-15,17H2,1-2H3,(H,26,29). The first-order chi connectivity index (χ1) is 15.7. The van der Waals surface area contributed by atoms with E-state index < -0.39 is 10.0 Å². The van der Waals surface area contributed by atoms with Gasteiger partial charge in [-0.15, -0.1) is 0 Å². The van der Waals surface area contributed by atoms with E-state index in [0.29, 0.717) is 50.3 Å². The summed E-state index contributed by atoms with van der Waals surface area (Å²) in [5.74, 6) is -0.647. The number of hydrogen-bond acceptors (Lipinski definition) is 4. The molecule has 1 saturated heterocycles. The third-order valence-electron chi connectivity index (χ3n) is 5.93. The summed E-state index contributed by atoms with van der Waals surface area (Å²) >= 11 is 6.32. The molecule has 2 amide bonds.